The Bertz CT molecular complexity index is 516. The lowest BCUT2D eigenvalue weighted by molar-refractivity contribution is -0.143. The summed E-state index contributed by atoms with van der Waals surface area (Å²) in [5.41, 5.74) is -0.0652. The van der Waals surface area contributed by atoms with Crippen LogP contribution in [-0.4, -0.2) is 36.8 Å². The molecule has 1 aromatic rings. The number of aliphatic carboxylic acids is 1. The van der Waals surface area contributed by atoms with Gasteiger partial charge in [-0.25, -0.2) is 9.18 Å². The van der Waals surface area contributed by atoms with Crippen molar-refractivity contribution in [3.05, 3.63) is 29.8 Å². The molecule has 0 heterocycles. The van der Waals surface area contributed by atoms with E-state index in [1.54, 1.807) is 19.9 Å². The number of alkyl halides is 1. The van der Waals surface area contributed by atoms with Crippen LogP contribution in [0.1, 0.15) is 19.4 Å². The smallest absolute Gasteiger partial charge is 0.328 e. The fourth-order valence-electron chi connectivity index (χ4n) is 1.93. The van der Waals surface area contributed by atoms with Crippen LogP contribution in [-0.2, 0) is 16.0 Å². The summed E-state index contributed by atoms with van der Waals surface area (Å²) in [6, 6.07) is 5.74. The Kier molecular flexibility index (Phi) is 5.69. The maximum Gasteiger partial charge on any atom is 0.328 e. The zero-order valence-electron chi connectivity index (χ0n) is 12.4. The molecule has 0 aliphatic carbocycles. The van der Waals surface area contributed by atoms with Crippen molar-refractivity contribution in [1.29, 1.82) is 0 Å². The summed E-state index contributed by atoms with van der Waals surface area (Å²) in [7, 11) is 1.54. The first-order chi connectivity index (χ1) is 9.81. The summed E-state index contributed by atoms with van der Waals surface area (Å²) in [4.78, 5) is 22.9. The van der Waals surface area contributed by atoms with Crippen molar-refractivity contribution in [2.45, 2.75) is 26.3 Å². The summed E-state index contributed by atoms with van der Waals surface area (Å²) in [5.74, 6) is -1.25. The molecular weight excluding hydrogens is 277 g/mol. The van der Waals surface area contributed by atoms with Gasteiger partial charge in [-0.05, 0) is 18.1 Å². The lowest BCUT2D eigenvalue weighted by Gasteiger charge is -2.26. The Morgan fingerprint density at radius 3 is 2.52 bits per heavy atom. The lowest BCUT2D eigenvalue weighted by atomic mass is 9.84. The largest absolute Gasteiger partial charge is 0.496 e. The van der Waals surface area contributed by atoms with E-state index in [0.29, 0.717) is 12.2 Å². The number of amides is 1. The molecule has 2 N–H and O–H groups in total. The fourth-order valence-corrected chi connectivity index (χ4v) is 1.93. The second-order valence-electron chi connectivity index (χ2n) is 5.39. The highest BCUT2D eigenvalue weighted by molar-refractivity contribution is 5.87. The molecule has 0 fully saturated rings. The molecule has 0 aromatic heterocycles. The molecule has 1 unspecified atom stereocenters. The molecule has 0 bridgehead atoms. The van der Waals surface area contributed by atoms with Crippen LogP contribution in [0.15, 0.2) is 24.3 Å². The Balaban J connectivity index is 2.85. The van der Waals surface area contributed by atoms with E-state index in [-0.39, 0.29) is 0 Å². The number of ether oxygens (including phenoxy) is 1. The average Bonchev–Trinajstić information content (AvgIpc) is 2.44. The molecule has 1 aromatic carbocycles. The SMILES string of the molecule is COc1ccccc1CC(C)(C)C(=O)NC(CF)C(=O)O. The highest BCUT2D eigenvalue weighted by Crippen LogP contribution is 2.28. The summed E-state index contributed by atoms with van der Waals surface area (Å²) < 4.78 is 17.8. The Hall–Kier alpha value is -2.11. The number of nitrogens with one attached hydrogen (secondary N) is 1. The molecular formula is C15H20FNO4. The van der Waals surface area contributed by atoms with Gasteiger partial charge in [0, 0.05) is 5.41 Å². The highest BCUT2D eigenvalue weighted by atomic mass is 19.1. The quantitative estimate of drug-likeness (QED) is 0.804. The molecule has 0 spiro atoms. The predicted molar refractivity (Wildman–Crippen MR) is 76.0 cm³/mol. The molecule has 21 heavy (non-hydrogen) atoms. The third-order valence-corrected chi connectivity index (χ3v) is 3.20. The van der Waals surface area contributed by atoms with E-state index in [9.17, 15) is 14.0 Å². The predicted octanol–water partition coefficient (Wildman–Crippen LogP) is 1.80. The molecule has 1 atom stereocenters. The van der Waals surface area contributed by atoms with Gasteiger partial charge in [0.15, 0.2) is 6.04 Å². The van der Waals surface area contributed by atoms with Gasteiger partial charge >= 0.3 is 5.97 Å². The zero-order chi connectivity index (χ0) is 16.0. The Morgan fingerprint density at radius 1 is 1.38 bits per heavy atom. The number of carboxylic acids is 1. The number of carbonyl (C=O) groups excluding carboxylic acids is 1. The van der Waals surface area contributed by atoms with Gasteiger partial charge in [-0.2, -0.15) is 0 Å². The number of hydrogen-bond donors (Lipinski definition) is 2. The van der Waals surface area contributed by atoms with E-state index in [1.165, 1.54) is 7.11 Å². The van der Waals surface area contributed by atoms with Gasteiger partial charge in [0.05, 0.1) is 7.11 Å². The number of rotatable bonds is 7. The number of methoxy groups -OCH3 is 1. The monoisotopic (exact) mass is 297 g/mol. The summed E-state index contributed by atoms with van der Waals surface area (Å²) >= 11 is 0. The number of halogens is 1. The van der Waals surface area contributed by atoms with E-state index in [0.717, 1.165) is 5.56 Å². The number of hydrogen-bond acceptors (Lipinski definition) is 3. The Labute approximate surface area is 123 Å². The number of carboxylic acid groups (broad SMARTS) is 1. The van der Waals surface area contributed by atoms with Gasteiger partial charge in [0.2, 0.25) is 5.91 Å². The molecule has 5 nitrogen and oxygen atoms in total. The van der Waals surface area contributed by atoms with Crippen LogP contribution in [0.25, 0.3) is 0 Å². The second-order valence-corrected chi connectivity index (χ2v) is 5.39. The van der Waals surface area contributed by atoms with Crippen LogP contribution in [0.2, 0.25) is 0 Å². The molecule has 1 rings (SSSR count). The summed E-state index contributed by atoms with van der Waals surface area (Å²) in [6.07, 6.45) is 0.349. The minimum absolute atomic E-state index is 0.349. The van der Waals surface area contributed by atoms with E-state index < -0.39 is 30.0 Å². The van der Waals surface area contributed by atoms with Crippen molar-refractivity contribution in [3.8, 4) is 5.75 Å². The number of carbonyl (C=O) groups is 2. The van der Waals surface area contributed by atoms with Crippen LogP contribution in [0.3, 0.4) is 0 Å². The van der Waals surface area contributed by atoms with Gasteiger partial charge in [0.25, 0.3) is 0 Å². The summed E-state index contributed by atoms with van der Waals surface area (Å²) in [6.45, 7) is 2.20. The van der Waals surface area contributed by atoms with Gasteiger partial charge in [-0.3, -0.25) is 4.79 Å². The first-order valence-corrected chi connectivity index (χ1v) is 6.53. The molecule has 0 aliphatic rings. The third-order valence-electron chi connectivity index (χ3n) is 3.20. The molecule has 0 saturated carbocycles. The third kappa shape index (κ3) is 4.44. The average molecular weight is 297 g/mol. The molecule has 0 saturated heterocycles. The van der Waals surface area contributed by atoms with E-state index >= 15 is 0 Å². The minimum atomic E-state index is -1.52. The van der Waals surface area contributed by atoms with E-state index in [1.807, 2.05) is 18.2 Å². The van der Waals surface area contributed by atoms with Crippen LogP contribution in [0.5, 0.6) is 5.75 Å². The lowest BCUT2D eigenvalue weighted by Crippen LogP contribution is -2.48. The molecule has 116 valence electrons. The Morgan fingerprint density at radius 2 is 2.00 bits per heavy atom. The van der Waals surface area contributed by atoms with Crippen molar-refractivity contribution in [3.63, 3.8) is 0 Å². The molecule has 6 heteroatoms. The first-order valence-electron chi connectivity index (χ1n) is 6.53. The van der Waals surface area contributed by atoms with Gasteiger partial charge < -0.3 is 15.2 Å². The molecule has 1 amide bonds. The number of benzene rings is 1. The zero-order valence-corrected chi connectivity index (χ0v) is 12.4. The van der Waals surface area contributed by atoms with E-state index in [2.05, 4.69) is 5.32 Å². The topological polar surface area (TPSA) is 75.6 Å². The number of para-hydroxylation sites is 1. The normalized spacial score (nSPS) is 12.6. The minimum Gasteiger partial charge on any atom is -0.496 e. The van der Waals surface area contributed by atoms with E-state index in [4.69, 9.17) is 9.84 Å². The van der Waals surface area contributed by atoms with Crippen molar-refractivity contribution in [1.82, 2.24) is 5.32 Å². The molecule has 0 radical (unpaired) electrons. The van der Waals surface area contributed by atoms with Crippen molar-refractivity contribution >= 4 is 11.9 Å². The molecule has 0 aliphatic heterocycles. The van der Waals surface area contributed by atoms with Crippen LogP contribution < -0.4 is 10.1 Å². The highest BCUT2D eigenvalue weighted by Gasteiger charge is 2.32. The fraction of sp³-hybridized carbons (Fsp3) is 0.467. The van der Waals surface area contributed by atoms with Gasteiger partial charge in [-0.1, -0.05) is 32.0 Å². The standard InChI is InChI=1S/C15H20FNO4/c1-15(2,14(20)17-11(9-16)13(18)19)8-10-6-4-5-7-12(10)21-3/h4-7,11H,8-9H2,1-3H3,(H,17,20)(H,18,19). The van der Waals surface area contributed by atoms with Crippen molar-refractivity contribution < 1.29 is 23.8 Å². The maximum absolute atomic E-state index is 12.6. The van der Waals surface area contributed by atoms with Crippen LogP contribution in [0.4, 0.5) is 4.39 Å². The van der Waals surface area contributed by atoms with Crippen molar-refractivity contribution in [2.24, 2.45) is 5.41 Å². The van der Waals surface area contributed by atoms with Crippen LogP contribution in [0, 0.1) is 5.41 Å². The van der Waals surface area contributed by atoms with Crippen molar-refractivity contribution in [2.75, 3.05) is 13.8 Å². The first kappa shape index (κ1) is 16.9. The maximum atomic E-state index is 12.6. The van der Waals surface area contributed by atoms with Gasteiger partial charge in [0.1, 0.15) is 12.4 Å². The summed E-state index contributed by atoms with van der Waals surface area (Å²) in [5, 5.41) is 11.0. The van der Waals surface area contributed by atoms with Crippen LogP contribution >= 0.6 is 0 Å². The van der Waals surface area contributed by atoms with Gasteiger partial charge in [-0.15, -0.1) is 0 Å². The second kappa shape index (κ2) is 7.06.